The maximum absolute atomic E-state index is 13.9. The van der Waals surface area contributed by atoms with E-state index in [1.54, 1.807) is 0 Å². The topological polar surface area (TPSA) is 66.4 Å². The van der Waals surface area contributed by atoms with Gasteiger partial charge in [-0.1, -0.05) is 12.2 Å². The summed E-state index contributed by atoms with van der Waals surface area (Å²) in [5.74, 6) is -4.92. The van der Waals surface area contributed by atoms with E-state index in [9.17, 15) is 23.5 Å². The van der Waals surface area contributed by atoms with Gasteiger partial charge in [-0.3, -0.25) is 9.59 Å². The molecule has 0 aromatic heterocycles. The van der Waals surface area contributed by atoms with Crippen LogP contribution < -0.4 is 5.32 Å². The van der Waals surface area contributed by atoms with E-state index in [1.165, 1.54) is 0 Å². The Balaban J connectivity index is 1.64. The lowest BCUT2D eigenvalue weighted by atomic mass is 9.82. The highest BCUT2D eigenvalue weighted by Crippen LogP contribution is 2.72. The molecule has 1 aromatic carbocycles. The van der Waals surface area contributed by atoms with Gasteiger partial charge >= 0.3 is 5.97 Å². The number of hydrogen-bond acceptors (Lipinski definition) is 2. The molecule has 0 radical (unpaired) electrons. The fourth-order valence-corrected chi connectivity index (χ4v) is 4.84. The number of allylic oxidation sites excluding steroid dienone is 2. The van der Waals surface area contributed by atoms with Crippen LogP contribution in [0.2, 0.25) is 0 Å². The van der Waals surface area contributed by atoms with Crippen LogP contribution in [-0.2, 0) is 9.59 Å². The van der Waals surface area contributed by atoms with Gasteiger partial charge in [0, 0.05) is 6.07 Å². The Morgan fingerprint density at radius 3 is 2.33 bits per heavy atom. The predicted octanol–water partition coefficient (Wildman–Crippen LogP) is 3.58. The molecule has 1 aromatic rings. The first-order valence-electron chi connectivity index (χ1n) is 7.72. The number of halogens is 3. The lowest BCUT2D eigenvalue weighted by Crippen LogP contribution is -2.36. The van der Waals surface area contributed by atoms with Gasteiger partial charge in [0.1, 0.15) is 11.6 Å². The first kappa shape index (κ1) is 15.7. The van der Waals surface area contributed by atoms with E-state index in [0.29, 0.717) is 0 Å². The molecule has 1 spiro atoms. The summed E-state index contributed by atoms with van der Waals surface area (Å²) in [6.45, 7) is 0. The zero-order chi connectivity index (χ0) is 17.2. The van der Waals surface area contributed by atoms with Crippen molar-refractivity contribution >= 4 is 33.5 Å². The van der Waals surface area contributed by atoms with Crippen molar-refractivity contribution in [1.82, 2.24) is 0 Å². The second-order valence-corrected chi connectivity index (χ2v) is 7.65. The van der Waals surface area contributed by atoms with E-state index in [2.05, 4.69) is 21.2 Å². The standard InChI is InChI=1S/C17H14BrF2NO3/c18-9-5-11(20)12(6-10(9)19)21-15(22)13-7-1-2-8(14(13)16(23)24)17(7)3-4-17/h1-2,5-8,13-14H,3-4H2,(H,21,22)(H,23,24)/t7-,8+,13+,14+/m0/s1. The number of aliphatic carboxylic acids is 1. The maximum Gasteiger partial charge on any atom is 0.307 e. The maximum atomic E-state index is 13.9. The second kappa shape index (κ2) is 5.12. The van der Waals surface area contributed by atoms with Crippen molar-refractivity contribution in [2.75, 3.05) is 5.32 Å². The van der Waals surface area contributed by atoms with Crippen molar-refractivity contribution < 1.29 is 23.5 Å². The number of carboxylic acid groups (broad SMARTS) is 1. The van der Waals surface area contributed by atoms with Crippen molar-refractivity contribution in [2.24, 2.45) is 29.1 Å². The van der Waals surface area contributed by atoms with E-state index < -0.39 is 35.3 Å². The summed E-state index contributed by atoms with van der Waals surface area (Å²) in [7, 11) is 0. The lowest BCUT2D eigenvalue weighted by Gasteiger charge is -2.23. The first-order valence-corrected chi connectivity index (χ1v) is 8.51. The monoisotopic (exact) mass is 397 g/mol. The van der Waals surface area contributed by atoms with Gasteiger partial charge in [0.15, 0.2) is 0 Å². The average Bonchev–Trinajstić information content (AvgIpc) is 3.18. The summed E-state index contributed by atoms with van der Waals surface area (Å²) in [4.78, 5) is 24.4. The summed E-state index contributed by atoms with van der Waals surface area (Å²) in [5.41, 5.74) is -0.393. The molecule has 7 heteroatoms. The molecular weight excluding hydrogens is 384 g/mol. The van der Waals surface area contributed by atoms with Crippen LogP contribution in [0.15, 0.2) is 28.8 Å². The van der Waals surface area contributed by atoms with Crippen molar-refractivity contribution in [3.63, 3.8) is 0 Å². The number of benzene rings is 1. The molecule has 0 saturated heterocycles. The molecule has 4 rings (SSSR count). The number of nitrogens with one attached hydrogen (secondary N) is 1. The second-order valence-electron chi connectivity index (χ2n) is 6.79. The molecule has 2 N–H and O–H groups in total. The molecule has 3 aliphatic carbocycles. The predicted molar refractivity (Wildman–Crippen MR) is 85.1 cm³/mol. The molecule has 4 atom stereocenters. The Hall–Kier alpha value is -1.76. The number of carbonyl (C=O) groups excluding carboxylic acids is 1. The zero-order valence-corrected chi connectivity index (χ0v) is 14.0. The van der Waals surface area contributed by atoms with E-state index in [-0.39, 0.29) is 27.4 Å². The highest BCUT2D eigenvalue weighted by atomic mass is 79.9. The zero-order valence-electron chi connectivity index (χ0n) is 12.4. The average molecular weight is 398 g/mol. The van der Waals surface area contributed by atoms with E-state index >= 15 is 0 Å². The molecule has 2 bridgehead atoms. The Kier molecular flexibility index (Phi) is 3.36. The van der Waals surface area contributed by atoms with Crippen molar-refractivity contribution in [1.29, 1.82) is 0 Å². The third-order valence-corrected chi connectivity index (χ3v) is 6.30. The first-order chi connectivity index (χ1) is 11.3. The van der Waals surface area contributed by atoms with Crippen LogP contribution in [-0.4, -0.2) is 17.0 Å². The van der Waals surface area contributed by atoms with Crippen LogP contribution in [0.25, 0.3) is 0 Å². The van der Waals surface area contributed by atoms with Crippen LogP contribution in [0.4, 0.5) is 14.5 Å². The number of amides is 1. The van der Waals surface area contributed by atoms with Gasteiger partial charge in [-0.2, -0.15) is 0 Å². The number of carboxylic acids is 1. The fourth-order valence-electron chi connectivity index (χ4n) is 4.53. The van der Waals surface area contributed by atoms with Gasteiger partial charge in [0.2, 0.25) is 5.91 Å². The lowest BCUT2D eigenvalue weighted by molar-refractivity contribution is -0.146. The minimum absolute atomic E-state index is 0.0406. The van der Waals surface area contributed by atoms with Gasteiger partial charge in [-0.25, -0.2) is 8.78 Å². The normalized spacial score (nSPS) is 31.5. The molecule has 0 aliphatic heterocycles. The summed E-state index contributed by atoms with van der Waals surface area (Å²) in [5, 5.41) is 11.9. The van der Waals surface area contributed by atoms with Crippen LogP contribution in [0.3, 0.4) is 0 Å². The van der Waals surface area contributed by atoms with Gasteiger partial charge in [-0.05, 0) is 52.1 Å². The molecule has 1 amide bonds. The number of carbonyl (C=O) groups is 2. The molecule has 2 fully saturated rings. The van der Waals surface area contributed by atoms with E-state index in [1.807, 2.05) is 12.2 Å². The summed E-state index contributed by atoms with van der Waals surface area (Å²) in [6, 6.07) is 1.83. The Morgan fingerprint density at radius 2 is 1.75 bits per heavy atom. The van der Waals surface area contributed by atoms with Gasteiger partial charge in [0.25, 0.3) is 0 Å². The summed E-state index contributed by atoms with van der Waals surface area (Å²) in [6.07, 6.45) is 5.63. The van der Waals surface area contributed by atoms with E-state index in [4.69, 9.17) is 0 Å². The molecule has 0 heterocycles. The van der Waals surface area contributed by atoms with Gasteiger partial charge < -0.3 is 10.4 Å². The van der Waals surface area contributed by atoms with Crippen LogP contribution in [0.1, 0.15) is 12.8 Å². The Morgan fingerprint density at radius 1 is 1.12 bits per heavy atom. The fraction of sp³-hybridized carbons (Fsp3) is 0.412. The third-order valence-electron chi connectivity index (χ3n) is 5.70. The van der Waals surface area contributed by atoms with Crippen molar-refractivity contribution in [3.05, 3.63) is 40.4 Å². The van der Waals surface area contributed by atoms with Crippen LogP contribution in [0.5, 0.6) is 0 Å². The number of anilines is 1. The number of rotatable bonds is 3. The SMILES string of the molecule is O=C(O)[C@H]1[C@H](C(=O)Nc2cc(F)c(Br)cc2F)[C@@H]2C=C[C@H]1C21CC1. The Bertz CT molecular complexity index is 790. The van der Waals surface area contributed by atoms with Gasteiger partial charge in [-0.15, -0.1) is 0 Å². The molecule has 2 saturated carbocycles. The molecule has 0 unspecified atom stereocenters. The number of hydrogen-bond donors (Lipinski definition) is 2. The smallest absolute Gasteiger partial charge is 0.307 e. The minimum atomic E-state index is -1.01. The summed E-state index contributed by atoms with van der Waals surface area (Å²) < 4.78 is 27.5. The Labute approximate surface area is 145 Å². The summed E-state index contributed by atoms with van der Waals surface area (Å²) >= 11 is 2.88. The molecular formula is C17H14BrF2NO3. The molecule has 24 heavy (non-hydrogen) atoms. The molecule has 126 valence electrons. The molecule has 4 nitrogen and oxygen atoms in total. The third kappa shape index (κ3) is 2.06. The largest absolute Gasteiger partial charge is 0.481 e. The minimum Gasteiger partial charge on any atom is -0.481 e. The highest BCUT2D eigenvalue weighted by Gasteiger charge is 2.70. The van der Waals surface area contributed by atoms with Crippen molar-refractivity contribution in [2.45, 2.75) is 12.8 Å². The van der Waals surface area contributed by atoms with Gasteiger partial charge in [0.05, 0.1) is 22.0 Å². The van der Waals surface area contributed by atoms with Crippen LogP contribution >= 0.6 is 15.9 Å². The quantitative estimate of drug-likeness (QED) is 0.604. The van der Waals surface area contributed by atoms with E-state index in [0.717, 1.165) is 25.0 Å². The van der Waals surface area contributed by atoms with Crippen LogP contribution in [0, 0.1) is 40.7 Å². The highest BCUT2D eigenvalue weighted by molar-refractivity contribution is 9.10. The van der Waals surface area contributed by atoms with Crippen molar-refractivity contribution in [3.8, 4) is 0 Å². The molecule has 3 aliphatic rings.